The Labute approximate surface area is 366 Å². The molecule has 0 aromatic heterocycles. The number of aliphatic hydroxyl groups excluding tert-OH is 5. The Bertz CT molecular complexity index is 1160. The number of carbonyl (C=O) groups excluding carboxylic acids is 1. The molecule has 0 aliphatic carbocycles. The van der Waals surface area contributed by atoms with Gasteiger partial charge in [-0.1, -0.05) is 170 Å². The number of unbranched alkanes of at least 4 members (excludes halogenated alkanes) is 19. The number of aliphatic hydroxyl groups is 5. The summed E-state index contributed by atoms with van der Waals surface area (Å²) in [5.74, 6) is -0.207. The highest BCUT2D eigenvalue weighted by atomic mass is 16.7. The van der Waals surface area contributed by atoms with E-state index in [0.717, 1.165) is 89.9 Å². The first-order valence-corrected chi connectivity index (χ1v) is 24.2. The Hall–Kier alpha value is -2.37. The molecule has 6 N–H and O–H groups in total. The molecule has 60 heavy (non-hydrogen) atoms. The molecule has 1 heterocycles. The van der Waals surface area contributed by atoms with Crippen LogP contribution < -0.4 is 5.32 Å². The van der Waals surface area contributed by atoms with Crippen LogP contribution in [0.1, 0.15) is 187 Å². The maximum absolute atomic E-state index is 13.0. The van der Waals surface area contributed by atoms with E-state index in [-0.39, 0.29) is 12.5 Å². The van der Waals surface area contributed by atoms with Gasteiger partial charge in [0, 0.05) is 6.42 Å². The second-order valence-electron chi connectivity index (χ2n) is 16.5. The molecule has 1 rings (SSSR count). The monoisotopic (exact) mass is 844 g/mol. The number of carbonyl (C=O) groups is 1. The minimum absolute atomic E-state index is 0.207. The first-order valence-electron chi connectivity index (χ1n) is 24.2. The van der Waals surface area contributed by atoms with Crippen molar-refractivity contribution in [2.24, 2.45) is 0 Å². The lowest BCUT2D eigenvalue weighted by molar-refractivity contribution is -0.302. The van der Waals surface area contributed by atoms with Crippen molar-refractivity contribution < 1.29 is 39.8 Å². The van der Waals surface area contributed by atoms with Crippen LogP contribution in [0.5, 0.6) is 0 Å². The summed E-state index contributed by atoms with van der Waals surface area (Å²) in [6.45, 7) is 3.71. The molecule has 0 aromatic carbocycles. The number of amides is 1. The fourth-order valence-electron chi connectivity index (χ4n) is 7.08. The molecule has 1 saturated heterocycles. The van der Waals surface area contributed by atoms with Crippen molar-refractivity contribution in [1.29, 1.82) is 0 Å². The SMILES string of the molecule is CCCCCCC/C=C\C/C=C\C/C=C\CCCCCCCCC(=O)NC(COC1OC(CO)C(O)C(O)C1O)C(O)/C=C/CC/C=C/CC/C=C/CCCCCCCC. The summed E-state index contributed by atoms with van der Waals surface area (Å²) in [7, 11) is 0. The maximum atomic E-state index is 13.0. The van der Waals surface area contributed by atoms with E-state index in [1.54, 1.807) is 6.08 Å². The molecule has 7 atom stereocenters. The summed E-state index contributed by atoms with van der Waals surface area (Å²) in [6, 6.07) is -0.838. The first kappa shape index (κ1) is 55.6. The summed E-state index contributed by atoms with van der Waals surface area (Å²) in [6.07, 6.45) is 48.0. The first-order chi connectivity index (χ1) is 29.3. The van der Waals surface area contributed by atoms with Gasteiger partial charge in [-0.2, -0.15) is 0 Å². The fraction of sp³-hybridized carbons (Fsp3) is 0.745. The van der Waals surface area contributed by atoms with Crippen molar-refractivity contribution in [2.75, 3.05) is 13.2 Å². The molecule has 0 spiro atoms. The van der Waals surface area contributed by atoms with Crippen LogP contribution in [0.2, 0.25) is 0 Å². The average molecular weight is 844 g/mol. The summed E-state index contributed by atoms with van der Waals surface area (Å²) >= 11 is 0. The van der Waals surface area contributed by atoms with Gasteiger partial charge in [-0.25, -0.2) is 0 Å². The normalized spacial score (nSPS) is 21.2. The van der Waals surface area contributed by atoms with Crippen LogP contribution in [0, 0.1) is 0 Å². The Morgan fingerprint density at radius 2 is 1.00 bits per heavy atom. The smallest absolute Gasteiger partial charge is 0.220 e. The highest BCUT2D eigenvalue weighted by molar-refractivity contribution is 5.76. The van der Waals surface area contributed by atoms with Gasteiger partial charge in [-0.3, -0.25) is 4.79 Å². The van der Waals surface area contributed by atoms with E-state index < -0.39 is 49.5 Å². The van der Waals surface area contributed by atoms with E-state index in [9.17, 15) is 30.3 Å². The number of hydrogen-bond donors (Lipinski definition) is 6. The van der Waals surface area contributed by atoms with E-state index in [2.05, 4.69) is 79.9 Å². The number of rotatable bonds is 39. The van der Waals surface area contributed by atoms with E-state index >= 15 is 0 Å². The molecular weight excluding hydrogens is 755 g/mol. The highest BCUT2D eigenvalue weighted by Gasteiger charge is 2.44. The molecule has 0 bridgehead atoms. The van der Waals surface area contributed by atoms with E-state index in [1.807, 2.05) is 6.08 Å². The van der Waals surface area contributed by atoms with Crippen molar-refractivity contribution in [3.8, 4) is 0 Å². The predicted molar refractivity (Wildman–Crippen MR) is 249 cm³/mol. The zero-order valence-corrected chi connectivity index (χ0v) is 37.9. The third-order valence-electron chi connectivity index (χ3n) is 11.0. The lowest BCUT2D eigenvalue weighted by Gasteiger charge is -2.40. The Morgan fingerprint density at radius 3 is 1.52 bits per heavy atom. The highest BCUT2D eigenvalue weighted by Crippen LogP contribution is 2.22. The topological polar surface area (TPSA) is 149 Å². The molecule has 0 radical (unpaired) electrons. The molecule has 0 saturated carbocycles. The van der Waals surface area contributed by atoms with Crippen LogP contribution in [0.4, 0.5) is 0 Å². The summed E-state index contributed by atoms with van der Waals surface area (Å²) in [5, 5.41) is 54.2. The van der Waals surface area contributed by atoms with Gasteiger partial charge in [0.25, 0.3) is 0 Å². The van der Waals surface area contributed by atoms with E-state index in [4.69, 9.17) is 9.47 Å². The van der Waals surface area contributed by atoms with E-state index in [1.165, 1.54) is 77.0 Å². The molecule has 1 aliphatic rings. The standard InChI is InChI=1S/C51H89NO8/c1-3-5-7-9-11-13-15-17-19-21-22-23-24-25-27-29-31-33-35-37-39-41-47(55)52-44(43-59-51-50(58)49(57)48(56)46(42-53)60-51)45(54)40-38-36-34-32-30-28-26-20-18-16-14-12-10-8-6-4-2/h15,17-18,20-22,24-25,30,32,38,40,44-46,48-51,53-54,56-58H,3-14,16,19,23,26-29,31,33-37,39,41-43H2,1-2H3,(H,52,55)/b17-15-,20-18+,22-21-,25-24-,32-30+,40-38+. The summed E-state index contributed by atoms with van der Waals surface area (Å²) in [4.78, 5) is 13.0. The third-order valence-corrected chi connectivity index (χ3v) is 11.0. The van der Waals surface area contributed by atoms with Crippen molar-refractivity contribution in [3.05, 3.63) is 72.9 Å². The van der Waals surface area contributed by atoms with Crippen molar-refractivity contribution in [1.82, 2.24) is 5.32 Å². The molecule has 1 fully saturated rings. The fourth-order valence-corrected chi connectivity index (χ4v) is 7.08. The molecule has 1 amide bonds. The molecular formula is C51H89NO8. The maximum Gasteiger partial charge on any atom is 0.220 e. The molecule has 346 valence electrons. The Balaban J connectivity index is 2.38. The summed E-state index contributed by atoms with van der Waals surface area (Å²) in [5.41, 5.74) is 0. The number of hydrogen-bond acceptors (Lipinski definition) is 8. The zero-order valence-electron chi connectivity index (χ0n) is 37.9. The van der Waals surface area contributed by atoms with Crippen LogP contribution in [-0.4, -0.2) is 87.5 Å². The lowest BCUT2D eigenvalue weighted by atomic mass is 9.99. The third kappa shape index (κ3) is 30.6. The lowest BCUT2D eigenvalue weighted by Crippen LogP contribution is -2.60. The molecule has 9 heteroatoms. The van der Waals surface area contributed by atoms with Crippen LogP contribution in [0.3, 0.4) is 0 Å². The van der Waals surface area contributed by atoms with Crippen LogP contribution >= 0.6 is 0 Å². The van der Waals surface area contributed by atoms with Crippen molar-refractivity contribution in [2.45, 2.75) is 230 Å². The minimum Gasteiger partial charge on any atom is -0.394 e. The van der Waals surface area contributed by atoms with Crippen LogP contribution in [0.25, 0.3) is 0 Å². The van der Waals surface area contributed by atoms with Gasteiger partial charge >= 0.3 is 0 Å². The molecule has 7 unspecified atom stereocenters. The minimum atomic E-state index is -1.58. The van der Waals surface area contributed by atoms with Crippen LogP contribution in [-0.2, 0) is 14.3 Å². The Kier molecular flexibility index (Phi) is 37.7. The van der Waals surface area contributed by atoms with Gasteiger partial charge in [0.2, 0.25) is 5.91 Å². The number of nitrogens with one attached hydrogen (secondary N) is 1. The molecule has 1 aliphatic heterocycles. The second-order valence-corrected chi connectivity index (χ2v) is 16.5. The largest absolute Gasteiger partial charge is 0.394 e. The predicted octanol–water partition coefficient (Wildman–Crippen LogP) is 10.6. The number of allylic oxidation sites excluding steroid dienone is 11. The van der Waals surface area contributed by atoms with Crippen molar-refractivity contribution in [3.63, 3.8) is 0 Å². The van der Waals surface area contributed by atoms with E-state index in [0.29, 0.717) is 6.42 Å². The van der Waals surface area contributed by atoms with Gasteiger partial charge in [-0.15, -0.1) is 0 Å². The van der Waals surface area contributed by atoms with Gasteiger partial charge in [-0.05, 0) is 83.5 Å². The van der Waals surface area contributed by atoms with Gasteiger partial charge in [0.1, 0.15) is 24.4 Å². The van der Waals surface area contributed by atoms with Gasteiger partial charge in [0.15, 0.2) is 6.29 Å². The van der Waals surface area contributed by atoms with Crippen molar-refractivity contribution >= 4 is 5.91 Å². The summed E-state index contributed by atoms with van der Waals surface area (Å²) < 4.78 is 11.2. The number of ether oxygens (including phenoxy) is 2. The Morgan fingerprint density at radius 1 is 0.567 bits per heavy atom. The molecule has 0 aromatic rings. The quantitative estimate of drug-likeness (QED) is 0.0265. The average Bonchev–Trinajstić information content (AvgIpc) is 3.25. The van der Waals surface area contributed by atoms with Crippen LogP contribution in [0.15, 0.2) is 72.9 Å². The van der Waals surface area contributed by atoms with Gasteiger partial charge in [0.05, 0.1) is 25.4 Å². The second kappa shape index (κ2) is 40.7. The zero-order chi connectivity index (χ0) is 43.7. The van der Waals surface area contributed by atoms with Gasteiger partial charge < -0.3 is 40.3 Å². The molecule has 9 nitrogen and oxygen atoms in total.